The van der Waals surface area contributed by atoms with Crippen LogP contribution < -0.4 is 16.0 Å². The molecule has 3 N–H and O–H groups in total. The molecule has 2 aliphatic rings. The lowest BCUT2D eigenvalue weighted by molar-refractivity contribution is 0.109. The van der Waals surface area contributed by atoms with Gasteiger partial charge in [0.1, 0.15) is 11.3 Å². The SMILES string of the molecule is CC(C)Nc1nc([C@@H]2CCCO2)cc2cnc(Nc3ccc(CN4CCNCC4)cn3)nc12. The monoisotopic (exact) mass is 448 g/mol. The molecule has 2 saturated heterocycles. The highest BCUT2D eigenvalue weighted by atomic mass is 16.5. The predicted molar refractivity (Wildman–Crippen MR) is 130 cm³/mol. The summed E-state index contributed by atoms with van der Waals surface area (Å²) in [6, 6.07) is 6.37. The average molecular weight is 449 g/mol. The summed E-state index contributed by atoms with van der Waals surface area (Å²) in [5.74, 6) is 1.99. The number of nitrogens with zero attached hydrogens (tertiary/aromatic N) is 5. The molecule has 3 aromatic rings. The van der Waals surface area contributed by atoms with Crippen molar-refractivity contribution >= 4 is 28.5 Å². The molecule has 9 heteroatoms. The molecule has 174 valence electrons. The Morgan fingerprint density at radius 2 is 2.03 bits per heavy atom. The van der Waals surface area contributed by atoms with Gasteiger partial charge in [-0.05, 0) is 44.4 Å². The summed E-state index contributed by atoms with van der Waals surface area (Å²) >= 11 is 0. The van der Waals surface area contributed by atoms with Gasteiger partial charge in [0.2, 0.25) is 5.95 Å². The average Bonchev–Trinajstić information content (AvgIpc) is 3.36. The fourth-order valence-corrected chi connectivity index (χ4v) is 4.30. The molecule has 0 saturated carbocycles. The van der Waals surface area contributed by atoms with E-state index >= 15 is 0 Å². The van der Waals surface area contributed by atoms with Crippen LogP contribution in [0, 0.1) is 0 Å². The maximum absolute atomic E-state index is 5.85. The standard InChI is InChI=1S/C24H32N8O/c1-16(2)28-23-22-18(12-19(29-23)20-4-3-11-33-20)14-27-24(31-22)30-21-6-5-17(13-26-21)15-32-9-7-25-8-10-32/h5-6,12-14,16,20,25H,3-4,7-11,15H2,1-2H3,(H,28,29)(H,26,27,30,31)/t20-/m0/s1. The smallest absolute Gasteiger partial charge is 0.229 e. The summed E-state index contributed by atoms with van der Waals surface area (Å²) in [5, 5.41) is 11.0. The molecule has 0 radical (unpaired) electrons. The van der Waals surface area contributed by atoms with Gasteiger partial charge in [-0.3, -0.25) is 4.90 Å². The molecule has 9 nitrogen and oxygen atoms in total. The van der Waals surface area contributed by atoms with Crippen molar-refractivity contribution in [3.8, 4) is 0 Å². The zero-order valence-corrected chi connectivity index (χ0v) is 19.3. The fourth-order valence-electron chi connectivity index (χ4n) is 4.30. The Labute approximate surface area is 194 Å². The Bertz CT molecular complexity index is 1080. The van der Waals surface area contributed by atoms with Crippen molar-refractivity contribution in [2.45, 2.75) is 45.4 Å². The Kier molecular flexibility index (Phi) is 6.61. The van der Waals surface area contributed by atoms with E-state index in [1.165, 1.54) is 5.56 Å². The minimum absolute atomic E-state index is 0.0452. The highest BCUT2D eigenvalue weighted by Gasteiger charge is 2.21. The van der Waals surface area contributed by atoms with Gasteiger partial charge in [0.05, 0.1) is 11.8 Å². The van der Waals surface area contributed by atoms with Gasteiger partial charge in [-0.1, -0.05) is 6.07 Å². The molecular formula is C24H32N8O. The molecule has 0 unspecified atom stereocenters. The fraction of sp³-hybridized carbons (Fsp3) is 0.500. The number of hydrogen-bond acceptors (Lipinski definition) is 9. The highest BCUT2D eigenvalue weighted by Crippen LogP contribution is 2.31. The third-order valence-electron chi connectivity index (χ3n) is 5.95. The predicted octanol–water partition coefficient (Wildman–Crippen LogP) is 3.24. The summed E-state index contributed by atoms with van der Waals surface area (Å²) in [7, 11) is 0. The van der Waals surface area contributed by atoms with Crippen molar-refractivity contribution in [1.29, 1.82) is 0 Å². The molecule has 5 heterocycles. The van der Waals surface area contributed by atoms with E-state index in [1.54, 1.807) is 0 Å². The zero-order chi connectivity index (χ0) is 22.6. The molecule has 0 amide bonds. The summed E-state index contributed by atoms with van der Waals surface area (Å²) in [4.78, 5) is 21.2. The second-order valence-corrected chi connectivity index (χ2v) is 9.03. The minimum atomic E-state index is 0.0452. The van der Waals surface area contributed by atoms with Crippen molar-refractivity contribution in [1.82, 2.24) is 30.2 Å². The van der Waals surface area contributed by atoms with Gasteiger partial charge in [-0.15, -0.1) is 0 Å². The molecule has 0 aromatic carbocycles. The molecule has 3 aromatic heterocycles. The maximum atomic E-state index is 5.85. The molecule has 5 rings (SSSR count). The van der Waals surface area contributed by atoms with E-state index in [9.17, 15) is 0 Å². The molecule has 0 spiro atoms. The first-order valence-corrected chi connectivity index (χ1v) is 11.8. The van der Waals surface area contributed by atoms with Crippen LogP contribution in [0.2, 0.25) is 0 Å². The number of aromatic nitrogens is 4. The van der Waals surface area contributed by atoms with Crippen LogP contribution in [0.25, 0.3) is 10.9 Å². The Morgan fingerprint density at radius 3 is 2.76 bits per heavy atom. The lowest BCUT2D eigenvalue weighted by Gasteiger charge is -2.27. The third-order valence-corrected chi connectivity index (χ3v) is 5.95. The topological polar surface area (TPSA) is 100 Å². The second kappa shape index (κ2) is 9.94. The van der Waals surface area contributed by atoms with E-state index in [2.05, 4.69) is 50.7 Å². The lowest BCUT2D eigenvalue weighted by atomic mass is 10.1. The summed E-state index contributed by atoms with van der Waals surface area (Å²) in [5.41, 5.74) is 2.93. The van der Waals surface area contributed by atoms with Crippen LogP contribution in [0.3, 0.4) is 0 Å². The molecule has 2 fully saturated rings. The van der Waals surface area contributed by atoms with E-state index in [0.717, 1.165) is 80.4 Å². The Hall–Kier alpha value is -2.88. The van der Waals surface area contributed by atoms with Crippen LogP contribution in [0.15, 0.2) is 30.6 Å². The van der Waals surface area contributed by atoms with Crippen molar-refractivity contribution in [3.05, 3.63) is 41.9 Å². The molecule has 0 aliphatic carbocycles. The van der Waals surface area contributed by atoms with Crippen LogP contribution in [-0.2, 0) is 11.3 Å². The van der Waals surface area contributed by atoms with E-state index in [0.29, 0.717) is 5.95 Å². The third kappa shape index (κ3) is 5.38. The van der Waals surface area contributed by atoms with Gasteiger partial charge < -0.3 is 20.7 Å². The van der Waals surface area contributed by atoms with Crippen molar-refractivity contribution in [2.75, 3.05) is 43.4 Å². The molecule has 33 heavy (non-hydrogen) atoms. The first-order valence-electron chi connectivity index (χ1n) is 11.8. The number of piperazine rings is 1. The number of ether oxygens (including phenoxy) is 1. The van der Waals surface area contributed by atoms with Crippen molar-refractivity contribution < 1.29 is 4.74 Å². The van der Waals surface area contributed by atoms with Gasteiger partial charge in [-0.2, -0.15) is 0 Å². The van der Waals surface area contributed by atoms with Gasteiger partial charge in [0.15, 0.2) is 5.82 Å². The van der Waals surface area contributed by atoms with E-state index in [-0.39, 0.29) is 12.1 Å². The number of pyridine rings is 2. The van der Waals surface area contributed by atoms with Crippen molar-refractivity contribution in [2.24, 2.45) is 0 Å². The van der Waals surface area contributed by atoms with E-state index < -0.39 is 0 Å². The number of nitrogens with one attached hydrogen (secondary N) is 3. The Morgan fingerprint density at radius 1 is 1.15 bits per heavy atom. The molecule has 0 bridgehead atoms. The summed E-state index contributed by atoms with van der Waals surface area (Å²) in [6.45, 7) is 10.1. The van der Waals surface area contributed by atoms with Gasteiger partial charge in [-0.25, -0.2) is 19.9 Å². The van der Waals surface area contributed by atoms with Crippen LogP contribution in [0.1, 0.15) is 44.1 Å². The first-order chi connectivity index (χ1) is 16.1. The Balaban J connectivity index is 1.35. The van der Waals surface area contributed by atoms with Crippen LogP contribution >= 0.6 is 0 Å². The van der Waals surface area contributed by atoms with Crippen LogP contribution in [0.4, 0.5) is 17.6 Å². The van der Waals surface area contributed by atoms with Crippen LogP contribution in [-0.4, -0.2) is 63.7 Å². The number of anilines is 3. The van der Waals surface area contributed by atoms with E-state index in [1.807, 2.05) is 24.5 Å². The second-order valence-electron chi connectivity index (χ2n) is 9.03. The number of hydrogen-bond donors (Lipinski definition) is 3. The first kappa shape index (κ1) is 21.9. The molecular weight excluding hydrogens is 416 g/mol. The highest BCUT2D eigenvalue weighted by molar-refractivity contribution is 5.89. The van der Waals surface area contributed by atoms with Gasteiger partial charge in [0.25, 0.3) is 0 Å². The van der Waals surface area contributed by atoms with Crippen molar-refractivity contribution in [3.63, 3.8) is 0 Å². The normalized spacial score (nSPS) is 19.3. The summed E-state index contributed by atoms with van der Waals surface area (Å²) < 4.78 is 5.85. The number of rotatable bonds is 7. The summed E-state index contributed by atoms with van der Waals surface area (Å²) in [6.07, 6.45) is 5.87. The lowest BCUT2D eigenvalue weighted by Crippen LogP contribution is -2.42. The van der Waals surface area contributed by atoms with Gasteiger partial charge in [0, 0.05) is 63.2 Å². The zero-order valence-electron chi connectivity index (χ0n) is 19.3. The quantitative estimate of drug-likeness (QED) is 0.503. The minimum Gasteiger partial charge on any atom is -0.372 e. The molecule has 1 atom stereocenters. The number of fused-ring (bicyclic) bond motifs is 1. The largest absolute Gasteiger partial charge is 0.372 e. The van der Waals surface area contributed by atoms with Gasteiger partial charge >= 0.3 is 0 Å². The van der Waals surface area contributed by atoms with Crippen LogP contribution in [0.5, 0.6) is 0 Å². The molecule has 2 aliphatic heterocycles. The maximum Gasteiger partial charge on any atom is 0.229 e. The van der Waals surface area contributed by atoms with E-state index in [4.69, 9.17) is 14.7 Å².